The molecule has 8 N–H and O–H groups in total. The van der Waals surface area contributed by atoms with Crippen LogP contribution in [0.15, 0.2) is 71.6 Å². The largest absolute Gasteiger partial charge is 0.480 e. The van der Waals surface area contributed by atoms with E-state index in [0.717, 1.165) is 11.1 Å². The van der Waals surface area contributed by atoms with Crippen molar-refractivity contribution in [3.63, 3.8) is 0 Å². The maximum Gasteiger partial charge on any atom is 0.326 e. The van der Waals surface area contributed by atoms with E-state index in [4.69, 9.17) is 11.1 Å². The number of hydrogen-bond donors (Lipinski definition) is 7. The third-order valence-electron chi connectivity index (χ3n) is 6.88. The Balaban J connectivity index is 1.81. The molecule has 0 aromatic heterocycles. The highest BCUT2D eigenvalue weighted by molar-refractivity contribution is 7.89. The van der Waals surface area contributed by atoms with Crippen molar-refractivity contribution >= 4 is 50.2 Å². The number of fused-ring (bicyclic) bond motifs is 1. The number of aliphatic carboxylic acids is 1. The summed E-state index contributed by atoms with van der Waals surface area (Å²) in [6, 6.07) is 15.4. The minimum atomic E-state index is -4.24. The normalized spacial score (nSPS) is 13.3. The van der Waals surface area contributed by atoms with Crippen LogP contribution in [-0.2, 0) is 30.8 Å². The summed E-state index contributed by atoms with van der Waals surface area (Å²) < 4.78 is 30.1. The van der Waals surface area contributed by atoms with Gasteiger partial charge in [-0.1, -0.05) is 54.6 Å². The Hall–Kier alpha value is -4.69. The van der Waals surface area contributed by atoms with Crippen LogP contribution in [0.25, 0.3) is 10.8 Å². The van der Waals surface area contributed by atoms with Crippen LogP contribution in [0.3, 0.4) is 0 Å². The average Bonchev–Trinajstić information content (AvgIpc) is 2.97. The Labute approximate surface area is 256 Å². The van der Waals surface area contributed by atoms with Gasteiger partial charge in [0, 0.05) is 37.1 Å². The molecule has 0 saturated carbocycles. The quantitative estimate of drug-likeness (QED) is 0.0733. The number of carbonyl (C=O) groups excluding carboxylic acids is 2. The van der Waals surface area contributed by atoms with Crippen LogP contribution < -0.4 is 31.3 Å². The van der Waals surface area contributed by atoms with E-state index < -0.39 is 45.9 Å². The van der Waals surface area contributed by atoms with Crippen LogP contribution in [0.2, 0.25) is 0 Å². The summed E-state index contributed by atoms with van der Waals surface area (Å²) in [4.78, 5) is 39.9. The first-order valence-electron chi connectivity index (χ1n) is 14.0. The zero-order valence-corrected chi connectivity index (χ0v) is 25.6. The van der Waals surface area contributed by atoms with E-state index in [1.165, 1.54) is 13.0 Å². The van der Waals surface area contributed by atoms with Crippen LogP contribution >= 0.6 is 0 Å². The van der Waals surface area contributed by atoms with Crippen molar-refractivity contribution in [1.82, 2.24) is 20.7 Å². The van der Waals surface area contributed by atoms with Crippen LogP contribution in [0.1, 0.15) is 25.3 Å². The Morgan fingerprint density at radius 3 is 2.20 bits per heavy atom. The molecule has 236 valence electrons. The summed E-state index contributed by atoms with van der Waals surface area (Å²) >= 11 is 0. The first kappa shape index (κ1) is 33.8. The minimum Gasteiger partial charge on any atom is -0.480 e. The fraction of sp³-hybridized carbons (Fsp3) is 0.333. The Kier molecular flexibility index (Phi) is 11.6. The van der Waals surface area contributed by atoms with Gasteiger partial charge in [0.25, 0.3) is 0 Å². The standard InChI is InChI=1S/C30H39N7O6S/c1-19(27(38)35-23(29(40)41)14-9-17-33-30(31)32)34-28(39)24(18-20-10-5-4-6-11-20)36-44(42,43)26-16-8-12-21-22(26)13-7-15-25(21)37(2)3/h4-8,10-13,15-16,19,23-24,36H,9,14,17-18H2,1-3H3,(H,34,39)(H,35,38)(H,40,41)(H4,31,32,33)/t19-,23-,24-/m0/s1. The van der Waals surface area contributed by atoms with Crippen molar-refractivity contribution in [3.05, 3.63) is 72.3 Å². The summed E-state index contributed by atoms with van der Waals surface area (Å²) in [6.07, 6.45) is 0.358. The maximum atomic E-state index is 13.8. The Morgan fingerprint density at radius 2 is 1.57 bits per heavy atom. The number of sulfonamides is 1. The third kappa shape index (κ3) is 9.15. The summed E-state index contributed by atoms with van der Waals surface area (Å²) in [5.74, 6) is -3.03. The number of nitrogens with one attached hydrogen (secondary N) is 5. The number of benzene rings is 3. The number of hydrogen-bond acceptors (Lipinski definition) is 7. The lowest BCUT2D eigenvalue weighted by molar-refractivity contribution is -0.142. The smallest absolute Gasteiger partial charge is 0.326 e. The number of nitrogens with zero attached hydrogens (tertiary/aromatic N) is 1. The number of carboxylic acid groups (broad SMARTS) is 1. The number of carbonyl (C=O) groups is 3. The molecule has 3 aromatic carbocycles. The topological polar surface area (TPSA) is 207 Å². The molecule has 3 aromatic rings. The highest BCUT2D eigenvalue weighted by atomic mass is 32.2. The molecule has 0 aliphatic heterocycles. The van der Waals surface area contributed by atoms with E-state index in [2.05, 4.69) is 20.7 Å². The monoisotopic (exact) mass is 625 g/mol. The molecule has 0 saturated heterocycles. The van der Waals surface area contributed by atoms with Crippen molar-refractivity contribution < 1.29 is 27.9 Å². The van der Waals surface area contributed by atoms with Gasteiger partial charge in [0.15, 0.2) is 5.96 Å². The van der Waals surface area contributed by atoms with Gasteiger partial charge in [0.2, 0.25) is 21.8 Å². The van der Waals surface area contributed by atoms with Crippen molar-refractivity contribution in [2.45, 2.75) is 49.2 Å². The zero-order chi connectivity index (χ0) is 32.4. The van der Waals surface area contributed by atoms with Crippen LogP contribution in [0.4, 0.5) is 5.69 Å². The molecule has 0 radical (unpaired) electrons. The molecule has 44 heavy (non-hydrogen) atoms. The molecule has 0 heterocycles. The molecule has 0 aliphatic rings. The molecule has 13 nitrogen and oxygen atoms in total. The second-order valence-corrected chi connectivity index (χ2v) is 12.2. The fourth-order valence-corrected chi connectivity index (χ4v) is 6.06. The Bertz CT molecular complexity index is 1600. The van der Waals surface area contributed by atoms with Crippen molar-refractivity contribution in [1.29, 1.82) is 5.41 Å². The summed E-state index contributed by atoms with van der Waals surface area (Å²) in [5, 5.41) is 25.4. The average molecular weight is 626 g/mol. The van der Waals surface area contributed by atoms with Gasteiger partial charge >= 0.3 is 5.97 Å². The molecule has 0 unspecified atom stereocenters. The van der Waals surface area contributed by atoms with Gasteiger partial charge in [-0.2, -0.15) is 4.72 Å². The number of nitrogens with two attached hydrogens (primary N) is 1. The van der Waals surface area contributed by atoms with E-state index in [1.54, 1.807) is 48.5 Å². The van der Waals surface area contributed by atoms with Gasteiger partial charge in [-0.05, 0) is 43.9 Å². The van der Waals surface area contributed by atoms with Gasteiger partial charge in [-0.25, -0.2) is 13.2 Å². The van der Waals surface area contributed by atoms with Crippen molar-refractivity contribution in [3.8, 4) is 0 Å². The molecule has 0 bridgehead atoms. The number of carboxylic acids is 1. The van der Waals surface area contributed by atoms with E-state index in [-0.39, 0.29) is 30.2 Å². The van der Waals surface area contributed by atoms with E-state index >= 15 is 0 Å². The fourth-order valence-electron chi connectivity index (χ4n) is 4.64. The van der Waals surface area contributed by atoms with Crippen LogP contribution in [0, 0.1) is 5.41 Å². The van der Waals surface area contributed by atoms with Gasteiger partial charge in [-0.15, -0.1) is 0 Å². The molecule has 0 spiro atoms. The third-order valence-corrected chi connectivity index (χ3v) is 8.41. The summed E-state index contributed by atoms with van der Waals surface area (Å²) in [6.45, 7) is 1.63. The number of rotatable bonds is 15. The number of amides is 2. The molecule has 3 rings (SSSR count). The predicted molar refractivity (Wildman–Crippen MR) is 169 cm³/mol. The van der Waals surface area contributed by atoms with Gasteiger partial charge in [-0.3, -0.25) is 15.0 Å². The van der Waals surface area contributed by atoms with Gasteiger partial charge in [0.05, 0.1) is 4.90 Å². The highest BCUT2D eigenvalue weighted by Gasteiger charge is 2.30. The highest BCUT2D eigenvalue weighted by Crippen LogP contribution is 2.30. The lowest BCUT2D eigenvalue weighted by atomic mass is 10.1. The first-order valence-corrected chi connectivity index (χ1v) is 15.4. The second kappa shape index (κ2) is 15.2. The molecule has 0 aliphatic carbocycles. The van der Waals surface area contributed by atoms with Gasteiger partial charge in [0.1, 0.15) is 18.1 Å². The van der Waals surface area contributed by atoms with E-state index in [1.807, 2.05) is 31.1 Å². The van der Waals surface area contributed by atoms with Crippen LogP contribution in [-0.4, -0.2) is 76.0 Å². The van der Waals surface area contributed by atoms with Crippen LogP contribution in [0.5, 0.6) is 0 Å². The molecule has 3 atom stereocenters. The lowest BCUT2D eigenvalue weighted by Crippen LogP contribution is -2.55. The molecule has 0 fully saturated rings. The second-order valence-electron chi connectivity index (χ2n) is 10.5. The molecule has 2 amide bonds. The van der Waals surface area contributed by atoms with Crippen molar-refractivity contribution in [2.75, 3.05) is 25.5 Å². The van der Waals surface area contributed by atoms with E-state index in [9.17, 15) is 27.9 Å². The molecule has 14 heteroatoms. The summed E-state index contributed by atoms with van der Waals surface area (Å²) in [7, 11) is -0.522. The van der Waals surface area contributed by atoms with Gasteiger partial charge < -0.3 is 31.7 Å². The lowest BCUT2D eigenvalue weighted by Gasteiger charge is -2.23. The summed E-state index contributed by atoms with van der Waals surface area (Å²) in [5.41, 5.74) is 6.73. The minimum absolute atomic E-state index is 0.00100. The number of anilines is 1. The zero-order valence-electron chi connectivity index (χ0n) is 24.8. The molecular formula is C30H39N7O6S. The predicted octanol–water partition coefficient (Wildman–Crippen LogP) is 1.13. The van der Waals surface area contributed by atoms with Crippen molar-refractivity contribution in [2.24, 2.45) is 5.73 Å². The molecular weight excluding hydrogens is 586 g/mol. The number of guanidine groups is 1. The Morgan fingerprint density at radius 1 is 0.909 bits per heavy atom. The maximum absolute atomic E-state index is 13.8. The SMILES string of the molecule is C[C@H](NC(=O)[C@H](Cc1ccccc1)NS(=O)(=O)c1cccc2c(N(C)C)cccc12)C(=O)N[C@@H](CCCNC(=N)N)C(=O)O. The first-order chi connectivity index (χ1) is 20.8. The van der Waals surface area contributed by atoms with E-state index in [0.29, 0.717) is 17.4 Å².